The van der Waals surface area contributed by atoms with Crippen LogP contribution in [-0.4, -0.2) is 30.3 Å². The lowest BCUT2D eigenvalue weighted by Gasteiger charge is -2.30. The van der Waals surface area contributed by atoms with Crippen molar-refractivity contribution in [3.63, 3.8) is 0 Å². The molecule has 0 heterocycles. The highest BCUT2D eigenvalue weighted by atomic mass is 19.1. The third-order valence-corrected chi connectivity index (χ3v) is 3.67. The van der Waals surface area contributed by atoms with Crippen molar-refractivity contribution < 1.29 is 19.0 Å². The van der Waals surface area contributed by atoms with Gasteiger partial charge >= 0.3 is 0 Å². The van der Waals surface area contributed by atoms with Crippen molar-refractivity contribution in [2.24, 2.45) is 5.92 Å². The van der Waals surface area contributed by atoms with Gasteiger partial charge in [0.25, 0.3) is 5.91 Å². The van der Waals surface area contributed by atoms with Crippen LogP contribution in [0, 0.1) is 11.7 Å². The Bertz CT molecular complexity index is 435. The smallest absolute Gasteiger partial charge is 0.258 e. The Morgan fingerprint density at radius 3 is 2.70 bits per heavy atom. The van der Waals surface area contributed by atoms with Crippen LogP contribution in [0.2, 0.25) is 0 Å². The van der Waals surface area contributed by atoms with E-state index in [2.05, 4.69) is 5.32 Å². The van der Waals surface area contributed by atoms with Crippen LogP contribution in [0.3, 0.4) is 0 Å². The van der Waals surface area contributed by atoms with Crippen LogP contribution in [0.1, 0.15) is 25.7 Å². The molecule has 5 heteroatoms. The summed E-state index contributed by atoms with van der Waals surface area (Å²) in [5.74, 6) is 0.0527. The number of benzene rings is 1. The van der Waals surface area contributed by atoms with Gasteiger partial charge in [0, 0.05) is 18.6 Å². The monoisotopic (exact) mass is 281 g/mol. The maximum atomic E-state index is 12.7. The number of nitrogens with one attached hydrogen (secondary N) is 1. The average Bonchev–Trinajstić information content (AvgIpc) is 2.47. The van der Waals surface area contributed by atoms with Crippen LogP contribution in [0.15, 0.2) is 24.3 Å². The van der Waals surface area contributed by atoms with Crippen LogP contribution >= 0.6 is 0 Å². The average molecular weight is 281 g/mol. The van der Waals surface area contributed by atoms with Gasteiger partial charge in [-0.2, -0.15) is 0 Å². The molecule has 110 valence electrons. The molecule has 2 atom stereocenters. The van der Waals surface area contributed by atoms with E-state index in [0.717, 1.165) is 25.7 Å². The highest BCUT2D eigenvalue weighted by Gasteiger charge is 2.25. The van der Waals surface area contributed by atoms with Crippen molar-refractivity contribution in [1.82, 2.24) is 5.32 Å². The minimum absolute atomic E-state index is 0.0260. The van der Waals surface area contributed by atoms with Gasteiger partial charge < -0.3 is 15.2 Å². The predicted molar refractivity (Wildman–Crippen MR) is 72.9 cm³/mol. The number of rotatable bonds is 5. The number of ether oxygens (including phenoxy) is 1. The van der Waals surface area contributed by atoms with Crippen molar-refractivity contribution in [2.45, 2.75) is 31.7 Å². The second kappa shape index (κ2) is 7.24. The fourth-order valence-corrected chi connectivity index (χ4v) is 2.54. The minimum Gasteiger partial charge on any atom is -0.484 e. The van der Waals surface area contributed by atoms with Crippen LogP contribution in [-0.2, 0) is 4.79 Å². The first-order chi connectivity index (χ1) is 9.69. The summed E-state index contributed by atoms with van der Waals surface area (Å²) >= 11 is 0. The molecule has 0 radical (unpaired) electrons. The number of halogens is 1. The molecule has 0 saturated heterocycles. The molecule has 0 bridgehead atoms. The summed E-state index contributed by atoms with van der Waals surface area (Å²) in [6.45, 7) is 0.00401. The van der Waals surface area contributed by atoms with E-state index in [4.69, 9.17) is 4.74 Å². The number of aliphatic hydroxyl groups is 1. The first-order valence-corrected chi connectivity index (χ1v) is 6.97. The van der Waals surface area contributed by atoms with Gasteiger partial charge in [0.15, 0.2) is 6.61 Å². The van der Waals surface area contributed by atoms with Crippen LogP contribution in [0.25, 0.3) is 0 Å². The molecular formula is C15H20FNO3. The zero-order chi connectivity index (χ0) is 14.4. The fourth-order valence-electron chi connectivity index (χ4n) is 2.54. The van der Waals surface area contributed by atoms with Crippen molar-refractivity contribution in [1.29, 1.82) is 0 Å². The molecule has 2 unspecified atom stereocenters. The zero-order valence-corrected chi connectivity index (χ0v) is 11.3. The molecule has 1 aliphatic rings. The standard InChI is InChI=1S/C15H20FNO3/c16-12-5-7-13(8-6-12)20-10-15(19)17-14-4-2-1-3-11(14)9-18/h5-8,11,14,18H,1-4,9-10H2,(H,17,19). The molecule has 1 saturated carbocycles. The largest absolute Gasteiger partial charge is 0.484 e. The summed E-state index contributed by atoms with van der Waals surface area (Å²) in [5, 5.41) is 12.2. The van der Waals surface area contributed by atoms with Gasteiger partial charge in [0.2, 0.25) is 0 Å². The van der Waals surface area contributed by atoms with Crippen LogP contribution in [0.5, 0.6) is 5.75 Å². The second-order valence-electron chi connectivity index (χ2n) is 5.14. The van der Waals surface area contributed by atoms with Gasteiger partial charge in [-0.1, -0.05) is 12.8 Å². The Labute approximate surface area is 117 Å². The normalized spacial score (nSPS) is 22.3. The van der Waals surface area contributed by atoms with E-state index in [0.29, 0.717) is 5.75 Å². The Balaban J connectivity index is 1.78. The predicted octanol–water partition coefficient (Wildman–Crippen LogP) is 1.87. The minimum atomic E-state index is -0.338. The first-order valence-electron chi connectivity index (χ1n) is 6.97. The van der Waals surface area contributed by atoms with E-state index in [1.807, 2.05) is 0 Å². The Hall–Kier alpha value is -1.62. The zero-order valence-electron chi connectivity index (χ0n) is 11.3. The number of amides is 1. The molecule has 1 aromatic carbocycles. The molecule has 0 aliphatic heterocycles. The maximum absolute atomic E-state index is 12.7. The third-order valence-electron chi connectivity index (χ3n) is 3.67. The van der Waals surface area contributed by atoms with Gasteiger partial charge in [0.05, 0.1) is 0 Å². The lowest BCUT2D eigenvalue weighted by molar-refractivity contribution is -0.124. The summed E-state index contributed by atoms with van der Waals surface area (Å²) in [5.41, 5.74) is 0. The fraction of sp³-hybridized carbons (Fsp3) is 0.533. The van der Waals surface area contributed by atoms with Crippen LogP contribution in [0.4, 0.5) is 4.39 Å². The van der Waals surface area contributed by atoms with E-state index in [1.54, 1.807) is 0 Å². The number of hydrogen-bond donors (Lipinski definition) is 2. The number of hydrogen-bond acceptors (Lipinski definition) is 3. The van der Waals surface area contributed by atoms with Crippen LogP contribution < -0.4 is 10.1 Å². The number of carbonyl (C=O) groups is 1. The second-order valence-corrected chi connectivity index (χ2v) is 5.14. The molecule has 1 fully saturated rings. The van der Waals surface area contributed by atoms with E-state index < -0.39 is 0 Å². The molecule has 1 aliphatic carbocycles. The summed E-state index contributed by atoms with van der Waals surface area (Å²) in [6.07, 6.45) is 4.01. The van der Waals surface area contributed by atoms with Crippen molar-refractivity contribution in [3.8, 4) is 5.75 Å². The molecule has 0 aromatic heterocycles. The van der Waals surface area contributed by atoms with Gasteiger partial charge in [-0.25, -0.2) is 4.39 Å². The quantitative estimate of drug-likeness (QED) is 0.866. The molecule has 1 aromatic rings. The molecule has 2 N–H and O–H groups in total. The SMILES string of the molecule is O=C(COc1ccc(F)cc1)NC1CCCCC1CO. The van der Waals surface area contributed by atoms with E-state index in [-0.39, 0.29) is 36.9 Å². The maximum Gasteiger partial charge on any atom is 0.258 e. The van der Waals surface area contributed by atoms with E-state index in [9.17, 15) is 14.3 Å². The first kappa shape index (κ1) is 14.8. The Kier molecular flexibility index (Phi) is 5.35. The summed E-state index contributed by atoms with van der Waals surface area (Å²) in [7, 11) is 0. The summed E-state index contributed by atoms with van der Waals surface area (Å²) < 4.78 is 18.0. The number of aliphatic hydroxyl groups excluding tert-OH is 1. The van der Waals surface area contributed by atoms with Gasteiger partial charge in [-0.3, -0.25) is 4.79 Å². The Morgan fingerprint density at radius 1 is 1.30 bits per heavy atom. The molecule has 1 amide bonds. The lowest BCUT2D eigenvalue weighted by atomic mass is 9.85. The summed E-state index contributed by atoms with van der Waals surface area (Å²) in [6, 6.07) is 5.57. The van der Waals surface area contributed by atoms with Crippen molar-refractivity contribution in [3.05, 3.63) is 30.1 Å². The molecule has 4 nitrogen and oxygen atoms in total. The lowest BCUT2D eigenvalue weighted by Crippen LogP contribution is -2.45. The highest BCUT2D eigenvalue weighted by Crippen LogP contribution is 2.23. The molecule has 2 rings (SSSR count). The van der Waals surface area contributed by atoms with E-state index in [1.165, 1.54) is 24.3 Å². The topological polar surface area (TPSA) is 58.6 Å². The Morgan fingerprint density at radius 2 is 2.00 bits per heavy atom. The number of carbonyl (C=O) groups excluding carboxylic acids is 1. The van der Waals surface area contributed by atoms with Gasteiger partial charge in [0.1, 0.15) is 11.6 Å². The van der Waals surface area contributed by atoms with Crippen molar-refractivity contribution >= 4 is 5.91 Å². The van der Waals surface area contributed by atoms with Gasteiger partial charge in [-0.15, -0.1) is 0 Å². The van der Waals surface area contributed by atoms with Crippen molar-refractivity contribution in [2.75, 3.05) is 13.2 Å². The van der Waals surface area contributed by atoms with E-state index >= 15 is 0 Å². The highest BCUT2D eigenvalue weighted by molar-refractivity contribution is 5.77. The summed E-state index contributed by atoms with van der Waals surface area (Å²) in [4.78, 5) is 11.8. The van der Waals surface area contributed by atoms with Gasteiger partial charge in [-0.05, 0) is 37.1 Å². The molecule has 0 spiro atoms. The third kappa shape index (κ3) is 4.20. The molecule has 20 heavy (non-hydrogen) atoms. The molecular weight excluding hydrogens is 261 g/mol.